The zero-order valence-electron chi connectivity index (χ0n) is 20.0. The van der Waals surface area contributed by atoms with Gasteiger partial charge >= 0.3 is 5.97 Å². The van der Waals surface area contributed by atoms with Gasteiger partial charge in [-0.3, -0.25) is 9.48 Å². The number of carbonyl (C=O) groups excluding carboxylic acids is 2. The minimum absolute atomic E-state index is 0.00178. The van der Waals surface area contributed by atoms with E-state index < -0.39 is 11.8 Å². The molecule has 1 aromatic carbocycles. The average molecular weight is 481 g/mol. The van der Waals surface area contributed by atoms with Crippen molar-refractivity contribution < 1.29 is 18.7 Å². The van der Waals surface area contributed by atoms with E-state index in [0.717, 1.165) is 30.6 Å². The number of benzene rings is 1. The van der Waals surface area contributed by atoms with E-state index in [-0.39, 0.29) is 17.5 Å². The van der Waals surface area contributed by atoms with Crippen molar-refractivity contribution in [3.63, 3.8) is 0 Å². The number of hydrogen-bond donors (Lipinski definition) is 1. The van der Waals surface area contributed by atoms with Crippen LogP contribution in [-0.2, 0) is 16.1 Å². The third-order valence-corrected chi connectivity index (χ3v) is 7.00. The maximum absolute atomic E-state index is 15.9. The first-order chi connectivity index (χ1) is 16.9. The molecule has 184 valence electrons. The van der Waals surface area contributed by atoms with Crippen LogP contribution in [0.25, 0.3) is 16.5 Å². The largest absolute Gasteiger partial charge is 0.464 e. The topological polar surface area (TPSA) is 96.3 Å². The third kappa shape index (κ3) is 4.58. The number of esters is 1. The highest BCUT2D eigenvalue weighted by Crippen LogP contribution is 2.38. The van der Waals surface area contributed by atoms with Crippen LogP contribution >= 0.6 is 0 Å². The standard InChI is InChI=1S/C25H29FN6O3/c1-30-9-5-17(14-30)18-12-19(23(26)24-20(18)13-21(28-24)25(34)35-2)16-4-3-8-31(15-16)22(33)6-10-32-11-7-27-29-32/h4,7,11-13,17,28H,3,5-6,8-10,14-15H2,1-2H3/t17-/m1/s1. The van der Waals surface area contributed by atoms with Crippen molar-refractivity contribution in [2.75, 3.05) is 40.3 Å². The third-order valence-electron chi connectivity index (χ3n) is 7.00. The second kappa shape index (κ2) is 9.61. The van der Waals surface area contributed by atoms with E-state index in [0.29, 0.717) is 48.9 Å². The Balaban J connectivity index is 1.47. The minimum Gasteiger partial charge on any atom is -0.464 e. The summed E-state index contributed by atoms with van der Waals surface area (Å²) in [7, 11) is 3.38. The summed E-state index contributed by atoms with van der Waals surface area (Å²) in [6, 6.07) is 3.61. The van der Waals surface area contributed by atoms with Crippen molar-refractivity contribution in [1.29, 1.82) is 0 Å². The van der Waals surface area contributed by atoms with Gasteiger partial charge in [-0.25, -0.2) is 9.18 Å². The second-order valence-corrected chi connectivity index (χ2v) is 9.29. The molecule has 2 aliphatic heterocycles. The number of ether oxygens (including phenoxy) is 1. The average Bonchev–Trinajstić information content (AvgIpc) is 3.64. The van der Waals surface area contributed by atoms with E-state index in [1.807, 2.05) is 12.1 Å². The lowest BCUT2D eigenvalue weighted by Gasteiger charge is -2.28. The molecule has 1 atom stereocenters. The van der Waals surface area contributed by atoms with Gasteiger partial charge in [0.1, 0.15) is 5.69 Å². The van der Waals surface area contributed by atoms with Crippen molar-refractivity contribution >= 4 is 28.4 Å². The summed E-state index contributed by atoms with van der Waals surface area (Å²) < 4.78 is 22.4. The molecular weight excluding hydrogens is 451 g/mol. The lowest BCUT2D eigenvalue weighted by molar-refractivity contribution is -0.131. The molecule has 0 unspecified atom stereocenters. The first kappa shape index (κ1) is 23.2. The van der Waals surface area contributed by atoms with Crippen LogP contribution in [0, 0.1) is 5.82 Å². The molecule has 4 heterocycles. The molecule has 0 aliphatic carbocycles. The number of methoxy groups -OCH3 is 1. The highest BCUT2D eigenvalue weighted by atomic mass is 19.1. The quantitative estimate of drug-likeness (QED) is 0.545. The van der Waals surface area contributed by atoms with Gasteiger partial charge in [0.15, 0.2) is 5.82 Å². The van der Waals surface area contributed by atoms with Gasteiger partial charge in [0.05, 0.1) is 25.4 Å². The Kier molecular flexibility index (Phi) is 6.38. The van der Waals surface area contributed by atoms with Crippen LogP contribution in [0.2, 0.25) is 0 Å². The van der Waals surface area contributed by atoms with Gasteiger partial charge in [-0.2, -0.15) is 0 Å². The number of rotatable bonds is 6. The van der Waals surface area contributed by atoms with Gasteiger partial charge in [-0.15, -0.1) is 5.10 Å². The number of fused-ring (bicyclic) bond motifs is 1. The summed E-state index contributed by atoms with van der Waals surface area (Å²) in [5.41, 5.74) is 2.82. The highest BCUT2D eigenvalue weighted by Gasteiger charge is 2.29. The van der Waals surface area contributed by atoms with Crippen molar-refractivity contribution in [1.82, 2.24) is 29.8 Å². The zero-order chi connectivity index (χ0) is 24.5. The number of nitrogens with zero attached hydrogens (tertiary/aromatic N) is 5. The van der Waals surface area contributed by atoms with Crippen LogP contribution in [0.1, 0.15) is 46.8 Å². The van der Waals surface area contributed by atoms with Gasteiger partial charge in [0.25, 0.3) is 0 Å². The summed E-state index contributed by atoms with van der Waals surface area (Å²) >= 11 is 0. The first-order valence-corrected chi connectivity index (χ1v) is 11.9. The Labute approximate surface area is 202 Å². The van der Waals surface area contributed by atoms with Gasteiger partial charge in [0.2, 0.25) is 5.91 Å². The molecule has 1 saturated heterocycles. The van der Waals surface area contributed by atoms with Gasteiger partial charge in [-0.1, -0.05) is 11.3 Å². The molecule has 0 saturated carbocycles. The summed E-state index contributed by atoms with van der Waals surface area (Å²) in [5.74, 6) is -0.711. The van der Waals surface area contributed by atoms with E-state index in [1.54, 1.807) is 28.0 Å². The van der Waals surface area contributed by atoms with Crippen molar-refractivity contribution in [2.45, 2.75) is 31.7 Å². The normalized spacial score (nSPS) is 18.8. The smallest absolute Gasteiger partial charge is 0.354 e. The number of hydrogen-bond acceptors (Lipinski definition) is 6. The molecule has 35 heavy (non-hydrogen) atoms. The van der Waals surface area contributed by atoms with Crippen LogP contribution in [0.5, 0.6) is 0 Å². The van der Waals surface area contributed by atoms with E-state index in [9.17, 15) is 9.59 Å². The highest BCUT2D eigenvalue weighted by molar-refractivity contribution is 5.98. The number of likely N-dealkylation sites (N-methyl/N-ethyl adjacent to an activating group) is 1. The fraction of sp³-hybridized carbons (Fsp3) is 0.440. The van der Waals surface area contributed by atoms with E-state index >= 15 is 4.39 Å². The summed E-state index contributed by atoms with van der Waals surface area (Å²) in [6.45, 7) is 3.22. The molecule has 0 bridgehead atoms. The van der Waals surface area contributed by atoms with Crippen LogP contribution in [0.3, 0.4) is 0 Å². The van der Waals surface area contributed by atoms with E-state index in [1.165, 1.54) is 7.11 Å². The number of aromatic nitrogens is 4. The molecule has 1 fully saturated rings. The molecule has 5 rings (SSSR count). The molecule has 3 aromatic rings. The predicted octanol–water partition coefficient (Wildman–Crippen LogP) is 2.81. The Hall–Kier alpha value is -3.53. The lowest BCUT2D eigenvalue weighted by atomic mass is 9.89. The minimum atomic E-state index is -0.530. The second-order valence-electron chi connectivity index (χ2n) is 9.29. The summed E-state index contributed by atoms with van der Waals surface area (Å²) in [4.78, 5) is 32.0. The SMILES string of the molecule is COC(=O)c1cc2c([C@@H]3CCN(C)C3)cc(C3=CCCN(C(=O)CCn4ccnn4)C3)c(F)c2[nH]1. The van der Waals surface area contributed by atoms with Gasteiger partial charge < -0.3 is 19.5 Å². The van der Waals surface area contributed by atoms with Crippen molar-refractivity contribution in [2.24, 2.45) is 0 Å². The Morgan fingerprint density at radius 3 is 2.86 bits per heavy atom. The number of H-pyrrole nitrogens is 1. The summed E-state index contributed by atoms with van der Waals surface area (Å²) in [5, 5.41) is 8.38. The van der Waals surface area contributed by atoms with Gasteiger partial charge in [0, 0.05) is 43.2 Å². The maximum Gasteiger partial charge on any atom is 0.354 e. The van der Waals surface area contributed by atoms with Crippen LogP contribution in [0.4, 0.5) is 4.39 Å². The predicted molar refractivity (Wildman–Crippen MR) is 128 cm³/mol. The van der Waals surface area contributed by atoms with Crippen molar-refractivity contribution in [3.05, 3.63) is 53.2 Å². The van der Waals surface area contributed by atoms with E-state index in [4.69, 9.17) is 4.74 Å². The summed E-state index contributed by atoms with van der Waals surface area (Å²) in [6.07, 6.45) is 7.23. The van der Waals surface area contributed by atoms with Crippen LogP contribution < -0.4 is 0 Å². The number of aryl methyl sites for hydroxylation is 1. The zero-order valence-corrected chi connectivity index (χ0v) is 20.0. The molecular formula is C25H29FN6O3. The Morgan fingerprint density at radius 1 is 1.29 bits per heavy atom. The molecule has 2 aromatic heterocycles. The molecule has 2 aliphatic rings. The first-order valence-electron chi connectivity index (χ1n) is 11.9. The van der Waals surface area contributed by atoms with Crippen LogP contribution in [0.15, 0.2) is 30.6 Å². The molecule has 10 heteroatoms. The molecule has 1 amide bonds. The monoisotopic (exact) mass is 480 g/mol. The number of amides is 1. The fourth-order valence-electron chi connectivity index (χ4n) is 5.14. The number of halogens is 1. The fourth-order valence-corrected chi connectivity index (χ4v) is 5.14. The number of likely N-dealkylation sites (tertiary alicyclic amines) is 1. The number of carbonyl (C=O) groups is 2. The lowest BCUT2D eigenvalue weighted by Crippen LogP contribution is -2.36. The van der Waals surface area contributed by atoms with E-state index in [2.05, 4.69) is 27.2 Å². The Morgan fingerprint density at radius 2 is 2.14 bits per heavy atom. The van der Waals surface area contributed by atoms with Crippen LogP contribution in [-0.4, -0.2) is 82.0 Å². The maximum atomic E-state index is 15.9. The molecule has 0 radical (unpaired) electrons. The Bertz CT molecular complexity index is 1280. The van der Waals surface area contributed by atoms with Gasteiger partial charge in [-0.05, 0) is 55.6 Å². The molecule has 0 spiro atoms. The molecule has 1 N–H and O–H groups in total. The number of aromatic amines is 1. The molecule has 9 nitrogen and oxygen atoms in total. The number of nitrogens with one attached hydrogen (secondary N) is 1. The van der Waals surface area contributed by atoms with Crippen molar-refractivity contribution in [3.8, 4) is 0 Å².